The van der Waals surface area contributed by atoms with Gasteiger partial charge in [0.05, 0.1) is 4.24 Å². The van der Waals surface area contributed by atoms with Gasteiger partial charge in [0.1, 0.15) is 27.3 Å². The van der Waals surface area contributed by atoms with Gasteiger partial charge in [-0.05, 0) is 16.0 Å². The van der Waals surface area contributed by atoms with Gasteiger partial charge in [0.25, 0.3) is 11.8 Å². The average Bonchev–Trinajstić information content (AvgIpc) is 3.15. The maximum Gasteiger partial charge on any atom is 0.352 e. The summed E-state index contributed by atoms with van der Waals surface area (Å²) in [5.74, 6) is -4.33. The van der Waals surface area contributed by atoms with Crippen molar-refractivity contribution in [2.45, 2.75) is 21.2 Å². The first-order chi connectivity index (χ1) is 16.1. The highest BCUT2D eigenvalue weighted by Crippen LogP contribution is 2.53. The summed E-state index contributed by atoms with van der Waals surface area (Å²) in [5.41, 5.74) is 4.88. The van der Waals surface area contributed by atoms with Crippen molar-refractivity contribution in [1.82, 2.24) is 30.4 Å². The number of thioether (sulfide) groups is 4. The maximum atomic E-state index is 12.8. The first kappa shape index (κ1) is 24.4. The van der Waals surface area contributed by atoms with Crippen LogP contribution in [0.5, 0.6) is 0 Å². The molecule has 0 aromatic carbocycles. The number of hydrogen-bond acceptors (Lipinski definition) is 12. The summed E-state index contributed by atoms with van der Waals surface area (Å²) >= 11 is 4.28. The standard InChI is InChI=1S/C16H15N7O7S4/c1-22-16(19-20-21-22)32-3-4-2-31-11-6(10(26)23(11)7(4)13(29)30)18-9(25)15-33-14(34-15)5(8(17)24)12(27)28/h6,11,15H,2-3H2,1H3,(H2,17,24)(H,18,25)(H,27,28)(H,29,30). The van der Waals surface area contributed by atoms with Gasteiger partial charge in [-0.15, -0.1) is 16.9 Å². The van der Waals surface area contributed by atoms with Crippen LogP contribution in [0.1, 0.15) is 0 Å². The Bertz CT molecular complexity index is 1160. The normalized spacial score (nSPS) is 23.6. The average molecular weight is 546 g/mol. The van der Waals surface area contributed by atoms with Crippen LogP contribution in [-0.4, -0.2) is 92.5 Å². The Kier molecular flexibility index (Phi) is 6.83. The van der Waals surface area contributed by atoms with Crippen LogP contribution in [0, 0.1) is 0 Å². The first-order valence-corrected chi connectivity index (χ1v) is 13.1. The minimum atomic E-state index is -1.48. The van der Waals surface area contributed by atoms with Gasteiger partial charge in [-0.3, -0.25) is 19.3 Å². The molecule has 180 valence electrons. The number of aliphatic carboxylic acids is 2. The zero-order chi connectivity index (χ0) is 24.7. The van der Waals surface area contributed by atoms with Gasteiger partial charge < -0.3 is 21.3 Å². The number of rotatable bonds is 8. The molecule has 2 saturated heterocycles. The van der Waals surface area contributed by atoms with E-state index in [9.17, 15) is 29.1 Å². The number of carboxylic acids is 2. The quantitative estimate of drug-likeness (QED) is 0.0976. The number of primary amides is 1. The van der Waals surface area contributed by atoms with Crippen molar-refractivity contribution in [3.8, 4) is 0 Å². The van der Waals surface area contributed by atoms with Gasteiger partial charge in [0.15, 0.2) is 0 Å². The van der Waals surface area contributed by atoms with Crippen molar-refractivity contribution in [2.24, 2.45) is 12.8 Å². The van der Waals surface area contributed by atoms with E-state index in [4.69, 9.17) is 10.8 Å². The molecule has 0 aliphatic carbocycles. The molecule has 2 fully saturated rings. The lowest BCUT2D eigenvalue weighted by Gasteiger charge is -2.49. The number of β-lactam (4-membered cyclic amide) rings is 1. The predicted octanol–water partition coefficient (Wildman–Crippen LogP) is -1.37. The van der Waals surface area contributed by atoms with Crippen molar-refractivity contribution in [2.75, 3.05) is 11.5 Å². The number of carbonyl (C=O) groups excluding carboxylic acids is 3. The van der Waals surface area contributed by atoms with Crippen molar-refractivity contribution < 1.29 is 34.2 Å². The number of nitrogens with zero attached hydrogens (tertiary/aromatic N) is 5. The van der Waals surface area contributed by atoms with Crippen LogP contribution < -0.4 is 11.1 Å². The number of tetrazole rings is 1. The van der Waals surface area contributed by atoms with E-state index in [0.29, 0.717) is 16.5 Å². The highest BCUT2D eigenvalue weighted by atomic mass is 32.3. The van der Waals surface area contributed by atoms with Crippen LogP contribution in [0.4, 0.5) is 0 Å². The van der Waals surface area contributed by atoms with Crippen LogP contribution in [0.2, 0.25) is 0 Å². The summed E-state index contributed by atoms with van der Waals surface area (Å²) in [6.45, 7) is 0. The van der Waals surface area contributed by atoms with Crippen LogP contribution in [0.3, 0.4) is 0 Å². The number of hydrogen-bond donors (Lipinski definition) is 4. The van der Waals surface area contributed by atoms with Gasteiger partial charge in [-0.1, -0.05) is 35.3 Å². The van der Waals surface area contributed by atoms with E-state index in [-0.39, 0.29) is 15.7 Å². The molecule has 1 aromatic rings. The number of nitrogens with two attached hydrogens (primary N) is 1. The monoisotopic (exact) mass is 545 g/mol. The predicted molar refractivity (Wildman–Crippen MR) is 122 cm³/mol. The third-order valence-corrected chi connectivity index (χ3v) is 10.1. The minimum Gasteiger partial charge on any atom is -0.477 e. The van der Waals surface area contributed by atoms with Crippen LogP contribution >= 0.6 is 47.0 Å². The van der Waals surface area contributed by atoms with Gasteiger partial charge in [0, 0.05) is 18.6 Å². The zero-order valence-corrected chi connectivity index (χ0v) is 20.3. The Morgan fingerprint density at radius 1 is 1.26 bits per heavy atom. The summed E-state index contributed by atoms with van der Waals surface area (Å²) in [4.78, 5) is 60.8. The molecule has 18 heteroatoms. The van der Waals surface area contributed by atoms with Crippen molar-refractivity contribution >= 4 is 76.7 Å². The fourth-order valence-electron chi connectivity index (χ4n) is 3.23. The SMILES string of the molecule is Cn1nnnc1SCC1=C(C(=O)O)N2C(=O)C(NC(=O)C3SC(=C(C(N)=O)C(=O)O)S3)C2SC1. The number of fused-ring (bicyclic) bond motifs is 1. The highest BCUT2D eigenvalue weighted by molar-refractivity contribution is 8.39. The molecule has 3 amide bonds. The molecule has 3 aliphatic rings. The third kappa shape index (κ3) is 4.37. The Hall–Kier alpha value is -2.70. The van der Waals surface area contributed by atoms with Crippen molar-refractivity contribution in [3.63, 3.8) is 0 Å². The fourth-order valence-corrected chi connectivity index (χ4v) is 7.80. The first-order valence-electron chi connectivity index (χ1n) is 9.26. The van der Waals surface area contributed by atoms with E-state index in [1.54, 1.807) is 7.05 Å². The third-order valence-electron chi connectivity index (χ3n) is 4.81. The number of carbonyl (C=O) groups is 5. The van der Waals surface area contributed by atoms with Gasteiger partial charge in [-0.25, -0.2) is 14.3 Å². The van der Waals surface area contributed by atoms with Crippen molar-refractivity contribution in [3.05, 3.63) is 21.1 Å². The molecule has 14 nitrogen and oxygen atoms in total. The molecule has 1 aromatic heterocycles. The Balaban J connectivity index is 1.41. The largest absolute Gasteiger partial charge is 0.477 e. The second-order valence-corrected chi connectivity index (χ2v) is 11.8. The Labute approximate surface area is 207 Å². The summed E-state index contributed by atoms with van der Waals surface area (Å²) in [6.07, 6.45) is 0. The number of nitrogens with one attached hydrogen (secondary N) is 1. The zero-order valence-electron chi connectivity index (χ0n) is 17.0. The van der Waals surface area contributed by atoms with Gasteiger partial charge in [0.2, 0.25) is 11.1 Å². The molecule has 2 unspecified atom stereocenters. The smallest absolute Gasteiger partial charge is 0.352 e. The second-order valence-electron chi connectivity index (χ2n) is 6.93. The molecule has 2 atom stereocenters. The molecule has 5 N–H and O–H groups in total. The molecule has 3 aliphatic heterocycles. The molecule has 34 heavy (non-hydrogen) atoms. The molecule has 0 spiro atoms. The Morgan fingerprint density at radius 2 is 1.97 bits per heavy atom. The molecule has 4 heterocycles. The lowest BCUT2D eigenvalue weighted by atomic mass is 10.0. The van der Waals surface area contributed by atoms with E-state index >= 15 is 0 Å². The molecule has 0 saturated carbocycles. The van der Waals surface area contributed by atoms with Gasteiger partial charge >= 0.3 is 11.9 Å². The number of aryl methyl sites for hydroxylation is 1. The summed E-state index contributed by atoms with van der Waals surface area (Å²) in [6, 6.07) is -0.923. The summed E-state index contributed by atoms with van der Waals surface area (Å²) in [5, 5.41) is 32.4. The summed E-state index contributed by atoms with van der Waals surface area (Å²) in [7, 11) is 1.65. The topological polar surface area (TPSA) is 211 Å². The second kappa shape index (κ2) is 9.51. The number of aromatic nitrogens is 4. The van der Waals surface area contributed by atoms with E-state index in [2.05, 4.69) is 20.8 Å². The van der Waals surface area contributed by atoms with E-state index in [1.807, 2.05) is 0 Å². The Morgan fingerprint density at radius 3 is 2.53 bits per heavy atom. The van der Waals surface area contributed by atoms with Gasteiger partial charge in [-0.2, -0.15) is 0 Å². The molecule has 0 radical (unpaired) electrons. The molecule has 4 rings (SSSR count). The lowest BCUT2D eigenvalue weighted by Crippen LogP contribution is -2.71. The van der Waals surface area contributed by atoms with Crippen molar-refractivity contribution in [1.29, 1.82) is 0 Å². The maximum absolute atomic E-state index is 12.8. The van der Waals surface area contributed by atoms with E-state index in [0.717, 1.165) is 28.4 Å². The van der Waals surface area contributed by atoms with Crippen LogP contribution in [0.25, 0.3) is 0 Å². The molecular formula is C16H15N7O7S4. The summed E-state index contributed by atoms with van der Waals surface area (Å²) < 4.78 is 0.802. The fraction of sp³-hybridized carbons (Fsp3) is 0.375. The number of carboxylic acid groups (broad SMARTS) is 2. The molecule has 0 bridgehead atoms. The van der Waals surface area contributed by atoms with Crippen LogP contribution in [-0.2, 0) is 31.0 Å². The highest BCUT2D eigenvalue weighted by Gasteiger charge is 2.55. The lowest BCUT2D eigenvalue weighted by molar-refractivity contribution is -0.150. The van der Waals surface area contributed by atoms with E-state index < -0.39 is 51.2 Å². The molecular weight excluding hydrogens is 530 g/mol. The van der Waals surface area contributed by atoms with Crippen LogP contribution in [0.15, 0.2) is 26.2 Å². The number of amides is 3. The van der Waals surface area contributed by atoms with E-state index in [1.165, 1.54) is 28.2 Å². The minimum absolute atomic E-state index is 0.116.